The minimum atomic E-state index is 0.167. The molecule has 5 heteroatoms. The summed E-state index contributed by atoms with van der Waals surface area (Å²) in [6.07, 6.45) is 1.79. The standard InChI is InChI=1S/C10H9BrN2O2/c1-13-6-9(11)12-10(13)15-8-4-2-3-7(14)5-8/h2-6,14H,1H3. The lowest BCUT2D eigenvalue weighted by Crippen LogP contribution is -1.92. The molecule has 1 aromatic heterocycles. The molecule has 0 aliphatic carbocycles. The van der Waals surface area contributed by atoms with Gasteiger partial charge in [0.2, 0.25) is 0 Å². The van der Waals surface area contributed by atoms with E-state index in [0.29, 0.717) is 16.4 Å². The molecule has 0 saturated carbocycles. The van der Waals surface area contributed by atoms with Crippen molar-refractivity contribution in [3.8, 4) is 17.5 Å². The topological polar surface area (TPSA) is 47.3 Å². The van der Waals surface area contributed by atoms with Gasteiger partial charge in [-0.05, 0) is 28.1 Å². The van der Waals surface area contributed by atoms with Crippen molar-refractivity contribution >= 4 is 15.9 Å². The van der Waals surface area contributed by atoms with Crippen LogP contribution in [0.15, 0.2) is 35.1 Å². The Hall–Kier alpha value is -1.49. The molecule has 0 amide bonds. The van der Waals surface area contributed by atoms with E-state index in [9.17, 15) is 5.11 Å². The highest BCUT2D eigenvalue weighted by molar-refractivity contribution is 9.10. The molecule has 0 aliphatic heterocycles. The fraction of sp³-hybridized carbons (Fsp3) is 0.100. The average Bonchev–Trinajstić information content (AvgIpc) is 2.45. The summed E-state index contributed by atoms with van der Waals surface area (Å²) in [5.41, 5.74) is 0. The lowest BCUT2D eigenvalue weighted by Gasteiger charge is -2.04. The number of hydrogen-bond donors (Lipinski definition) is 1. The molecule has 0 fully saturated rings. The maximum atomic E-state index is 9.25. The van der Waals surface area contributed by atoms with Crippen molar-refractivity contribution in [2.75, 3.05) is 0 Å². The number of benzene rings is 1. The molecule has 2 rings (SSSR count). The van der Waals surface area contributed by atoms with Crippen LogP contribution in [0.2, 0.25) is 0 Å². The zero-order valence-corrected chi connectivity index (χ0v) is 9.60. The van der Waals surface area contributed by atoms with E-state index in [2.05, 4.69) is 20.9 Å². The number of phenols is 1. The fourth-order valence-corrected chi connectivity index (χ4v) is 1.62. The Morgan fingerprint density at radius 1 is 1.47 bits per heavy atom. The Bertz CT molecular complexity index is 482. The van der Waals surface area contributed by atoms with E-state index < -0.39 is 0 Å². The number of aromatic nitrogens is 2. The number of ether oxygens (including phenoxy) is 1. The molecule has 1 N–H and O–H groups in total. The van der Waals surface area contributed by atoms with E-state index in [0.717, 1.165) is 0 Å². The van der Waals surface area contributed by atoms with Crippen LogP contribution >= 0.6 is 15.9 Å². The Balaban J connectivity index is 2.25. The summed E-state index contributed by atoms with van der Waals surface area (Å²) < 4.78 is 7.93. The first-order valence-corrected chi connectivity index (χ1v) is 5.10. The molecule has 78 valence electrons. The lowest BCUT2D eigenvalue weighted by atomic mass is 10.3. The third kappa shape index (κ3) is 2.30. The van der Waals surface area contributed by atoms with Gasteiger partial charge < -0.3 is 14.4 Å². The van der Waals surface area contributed by atoms with Crippen LogP contribution in [0.4, 0.5) is 0 Å². The van der Waals surface area contributed by atoms with Crippen LogP contribution in [-0.4, -0.2) is 14.7 Å². The van der Waals surface area contributed by atoms with E-state index in [1.54, 1.807) is 29.0 Å². The maximum absolute atomic E-state index is 9.25. The Morgan fingerprint density at radius 3 is 2.87 bits per heavy atom. The van der Waals surface area contributed by atoms with Gasteiger partial charge in [-0.2, -0.15) is 4.98 Å². The van der Waals surface area contributed by atoms with E-state index in [1.165, 1.54) is 6.07 Å². The van der Waals surface area contributed by atoms with Gasteiger partial charge in [-0.15, -0.1) is 0 Å². The smallest absolute Gasteiger partial charge is 0.302 e. The molecular formula is C10H9BrN2O2. The monoisotopic (exact) mass is 268 g/mol. The van der Waals surface area contributed by atoms with Crippen molar-refractivity contribution in [2.24, 2.45) is 7.05 Å². The molecule has 2 aromatic rings. The molecular weight excluding hydrogens is 260 g/mol. The SMILES string of the molecule is Cn1cc(Br)nc1Oc1cccc(O)c1. The fourth-order valence-electron chi connectivity index (χ4n) is 1.16. The van der Waals surface area contributed by atoms with Gasteiger partial charge in [0.05, 0.1) is 0 Å². The predicted molar refractivity (Wildman–Crippen MR) is 59.1 cm³/mol. The zero-order valence-electron chi connectivity index (χ0n) is 8.01. The van der Waals surface area contributed by atoms with Crippen LogP contribution in [0.1, 0.15) is 0 Å². The van der Waals surface area contributed by atoms with E-state index in [-0.39, 0.29) is 5.75 Å². The normalized spacial score (nSPS) is 10.3. The van der Waals surface area contributed by atoms with Gasteiger partial charge in [0.15, 0.2) is 0 Å². The number of imidazole rings is 1. The Morgan fingerprint density at radius 2 is 2.27 bits per heavy atom. The van der Waals surface area contributed by atoms with Crippen LogP contribution in [-0.2, 0) is 7.05 Å². The van der Waals surface area contributed by atoms with Crippen LogP contribution in [0, 0.1) is 0 Å². The van der Waals surface area contributed by atoms with Crippen LogP contribution in [0.25, 0.3) is 0 Å². The van der Waals surface area contributed by atoms with Crippen LogP contribution < -0.4 is 4.74 Å². The van der Waals surface area contributed by atoms with Gasteiger partial charge in [0.1, 0.15) is 16.1 Å². The molecule has 15 heavy (non-hydrogen) atoms. The Kier molecular flexibility index (Phi) is 2.64. The van der Waals surface area contributed by atoms with Crippen molar-refractivity contribution in [3.05, 3.63) is 35.1 Å². The molecule has 0 radical (unpaired) electrons. The second kappa shape index (κ2) is 3.94. The number of aryl methyl sites for hydroxylation is 1. The number of aromatic hydroxyl groups is 1. The summed E-state index contributed by atoms with van der Waals surface area (Å²) in [6.45, 7) is 0. The van der Waals surface area contributed by atoms with Crippen molar-refractivity contribution in [2.45, 2.75) is 0 Å². The van der Waals surface area contributed by atoms with Gasteiger partial charge >= 0.3 is 6.01 Å². The second-order valence-corrected chi connectivity index (χ2v) is 3.87. The highest BCUT2D eigenvalue weighted by atomic mass is 79.9. The minimum Gasteiger partial charge on any atom is -0.508 e. The summed E-state index contributed by atoms with van der Waals surface area (Å²) >= 11 is 3.25. The first-order valence-electron chi connectivity index (χ1n) is 4.31. The highest BCUT2D eigenvalue weighted by Gasteiger charge is 2.05. The van der Waals surface area contributed by atoms with Crippen LogP contribution in [0.5, 0.6) is 17.5 Å². The van der Waals surface area contributed by atoms with Gasteiger partial charge in [-0.25, -0.2) is 0 Å². The van der Waals surface area contributed by atoms with Gasteiger partial charge in [-0.3, -0.25) is 0 Å². The summed E-state index contributed by atoms with van der Waals surface area (Å²) in [4.78, 5) is 4.11. The third-order valence-electron chi connectivity index (χ3n) is 1.83. The zero-order chi connectivity index (χ0) is 10.8. The number of nitrogens with zero attached hydrogens (tertiary/aromatic N) is 2. The van der Waals surface area contributed by atoms with E-state index in [4.69, 9.17) is 4.74 Å². The van der Waals surface area contributed by atoms with Crippen molar-refractivity contribution in [3.63, 3.8) is 0 Å². The molecule has 0 saturated heterocycles. The largest absolute Gasteiger partial charge is 0.508 e. The molecule has 0 bridgehead atoms. The third-order valence-corrected chi connectivity index (χ3v) is 2.21. The molecule has 1 aromatic carbocycles. The first-order chi connectivity index (χ1) is 7.15. The number of halogens is 1. The molecule has 0 aliphatic rings. The van der Waals surface area contributed by atoms with Crippen LogP contribution in [0.3, 0.4) is 0 Å². The molecule has 1 heterocycles. The highest BCUT2D eigenvalue weighted by Crippen LogP contribution is 2.24. The van der Waals surface area contributed by atoms with Gasteiger partial charge in [0, 0.05) is 19.3 Å². The van der Waals surface area contributed by atoms with Gasteiger partial charge in [0.25, 0.3) is 0 Å². The minimum absolute atomic E-state index is 0.167. The first kappa shape index (κ1) is 10.0. The summed E-state index contributed by atoms with van der Waals surface area (Å²) in [5.74, 6) is 0.719. The van der Waals surface area contributed by atoms with Crippen molar-refractivity contribution < 1.29 is 9.84 Å². The average molecular weight is 269 g/mol. The predicted octanol–water partition coefficient (Wildman–Crippen LogP) is 2.68. The number of rotatable bonds is 2. The molecule has 0 spiro atoms. The lowest BCUT2D eigenvalue weighted by molar-refractivity contribution is 0.417. The number of hydrogen-bond acceptors (Lipinski definition) is 3. The van der Waals surface area contributed by atoms with Crippen molar-refractivity contribution in [1.29, 1.82) is 0 Å². The summed E-state index contributed by atoms with van der Waals surface area (Å²) in [7, 11) is 1.83. The van der Waals surface area contributed by atoms with E-state index >= 15 is 0 Å². The summed E-state index contributed by atoms with van der Waals surface area (Å²) in [5, 5.41) is 9.25. The number of phenolic OH excluding ortho intramolecular Hbond substituents is 1. The Labute approximate surface area is 95.3 Å². The maximum Gasteiger partial charge on any atom is 0.302 e. The molecule has 0 atom stereocenters. The van der Waals surface area contributed by atoms with E-state index in [1.807, 2.05) is 7.05 Å². The molecule has 4 nitrogen and oxygen atoms in total. The van der Waals surface area contributed by atoms with Gasteiger partial charge in [-0.1, -0.05) is 6.07 Å². The second-order valence-electron chi connectivity index (χ2n) is 3.06. The molecule has 0 unspecified atom stereocenters. The summed E-state index contributed by atoms with van der Waals surface area (Å²) in [6, 6.07) is 7.04. The quantitative estimate of drug-likeness (QED) is 0.911. The van der Waals surface area contributed by atoms with Crippen molar-refractivity contribution in [1.82, 2.24) is 9.55 Å².